The van der Waals surface area contributed by atoms with Crippen LogP contribution in [0.1, 0.15) is 70.7 Å². The highest BCUT2D eigenvalue weighted by Crippen LogP contribution is 2.24. The number of nitrogens with zero attached hydrogens (tertiary/aromatic N) is 1. The average molecular weight is 478 g/mol. The van der Waals surface area contributed by atoms with Crippen LogP contribution in [0.4, 0.5) is 4.79 Å². The van der Waals surface area contributed by atoms with Gasteiger partial charge in [0.25, 0.3) is 0 Å². The highest BCUT2D eigenvalue weighted by molar-refractivity contribution is 5.92. The third kappa shape index (κ3) is 9.03. The SMILES string of the molecule is CCOC(=O)CCNC(=O)C(c1ccc(C)c(C)c1)N(CC)C(=O)C(C)NC(=O)OC(C)(C)C. The smallest absolute Gasteiger partial charge is 0.408 e. The molecule has 0 saturated heterocycles. The van der Waals surface area contributed by atoms with Gasteiger partial charge in [-0.2, -0.15) is 0 Å². The van der Waals surface area contributed by atoms with Crippen LogP contribution in [0.3, 0.4) is 0 Å². The molecule has 0 aliphatic carbocycles. The van der Waals surface area contributed by atoms with Gasteiger partial charge in [-0.05, 0) is 72.1 Å². The van der Waals surface area contributed by atoms with Crippen LogP contribution in [0.15, 0.2) is 18.2 Å². The lowest BCUT2D eigenvalue weighted by molar-refractivity contribution is -0.144. The monoisotopic (exact) mass is 477 g/mol. The van der Waals surface area contributed by atoms with Crippen molar-refractivity contribution in [3.63, 3.8) is 0 Å². The molecule has 190 valence electrons. The summed E-state index contributed by atoms with van der Waals surface area (Å²) in [6.45, 7) is 14.7. The van der Waals surface area contributed by atoms with E-state index in [1.54, 1.807) is 47.6 Å². The van der Waals surface area contributed by atoms with Crippen molar-refractivity contribution >= 4 is 23.9 Å². The standard InChI is InChI=1S/C25H39N3O6/c1-9-28(23(31)18(5)27-24(32)34-25(6,7)8)21(19-12-11-16(3)17(4)15-19)22(30)26-14-13-20(29)33-10-2/h11-12,15,18,21H,9-10,13-14H2,1-8H3,(H,26,30)(H,27,32). The van der Waals surface area contributed by atoms with E-state index in [1.165, 1.54) is 4.90 Å². The number of amides is 3. The van der Waals surface area contributed by atoms with Gasteiger partial charge in [0.1, 0.15) is 17.7 Å². The number of aryl methyl sites for hydroxylation is 2. The maximum atomic E-state index is 13.3. The quantitative estimate of drug-likeness (QED) is 0.501. The van der Waals surface area contributed by atoms with Gasteiger partial charge < -0.3 is 25.0 Å². The number of alkyl carbamates (subject to hydrolysis) is 1. The molecule has 34 heavy (non-hydrogen) atoms. The van der Waals surface area contributed by atoms with Crippen LogP contribution in [-0.4, -0.2) is 60.1 Å². The minimum atomic E-state index is -0.943. The number of esters is 1. The lowest BCUT2D eigenvalue weighted by atomic mass is 9.98. The molecule has 0 fully saturated rings. The van der Waals surface area contributed by atoms with Gasteiger partial charge in [0, 0.05) is 13.1 Å². The largest absolute Gasteiger partial charge is 0.466 e. The number of ether oxygens (including phenoxy) is 2. The van der Waals surface area contributed by atoms with E-state index in [4.69, 9.17) is 9.47 Å². The molecule has 9 nitrogen and oxygen atoms in total. The van der Waals surface area contributed by atoms with Gasteiger partial charge in [-0.1, -0.05) is 18.2 Å². The summed E-state index contributed by atoms with van der Waals surface area (Å²) in [5, 5.41) is 5.28. The van der Waals surface area contributed by atoms with Crippen molar-refractivity contribution in [2.75, 3.05) is 19.7 Å². The number of carbonyl (C=O) groups is 4. The molecular formula is C25H39N3O6. The topological polar surface area (TPSA) is 114 Å². The Labute approximate surface area is 202 Å². The molecule has 0 aromatic heterocycles. The van der Waals surface area contributed by atoms with E-state index in [9.17, 15) is 19.2 Å². The van der Waals surface area contributed by atoms with Crippen LogP contribution < -0.4 is 10.6 Å². The molecule has 2 unspecified atom stereocenters. The van der Waals surface area contributed by atoms with Gasteiger partial charge in [0.2, 0.25) is 11.8 Å². The van der Waals surface area contributed by atoms with Crippen molar-refractivity contribution in [1.29, 1.82) is 0 Å². The van der Waals surface area contributed by atoms with Crippen LogP contribution in [0.25, 0.3) is 0 Å². The zero-order chi connectivity index (χ0) is 26.1. The number of benzene rings is 1. The van der Waals surface area contributed by atoms with E-state index < -0.39 is 41.6 Å². The zero-order valence-electron chi connectivity index (χ0n) is 21.6. The summed E-state index contributed by atoms with van der Waals surface area (Å²) >= 11 is 0. The molecule has 1 aromatic carbocycles. The normalized spacial score (nSPS) is 12.8. The summed E-state index contributed by atoms with van der Waals surface area (Å²) in [7, 11) is 0. The zero-order valence-corrected chi connectivity index (χ0v) is 21.6. The molecule has 2 atom stereocenters. The summed E-state index contributed by atoms with van der Waals surface area (Å²) in [5.41, 5.74) is 1.96. The minimum Gasteiger partial charge on any atom is -0.466 e. The Bertz CT molecular complexity index is 878. The fraction of sp³-hybridized carbons (Fsp3) is 0.600. The minimum absolute atomic E-state index is 0.0237. The molecule has 0 spiro atoms. The van der Waals surface area contributed by atoms with Gasteiger partial charge >= 0.3 is 12.1 Å². The molecule has 3 amide bonds. The van der Waals surface area contributed by atoms with Crippen LogP contribution in [0.5, 0.6) is 0 Å². The molecule has 0 aliphatic rings. The first-order valence-corrected chi connectivity index (χ1v) is 11.6. The highest BCUT2D eigenvalue weighted by atomic mass is 16.6. The fourth-order valence-electron chi connectivity index (χ4n) is 3.29. The molecule has 1 aromatic rings. The lowest BCUT2D eigenvalue weighted by Gasteiger charge is -2.33. The number of rotatable bonds is 10. The summed E-state index contributed by atoms with van der Waals surface area (Å²) < 4.78 is 10.1. The van der Waals surface area contributed by atoms with E-state index in [1.807, 2.05) is 26.0 Å². The van der Waals surface area contributed by atoms with Crippen molar-refractivity contribution < 1.29 is 28.7 Å². The summed E-state index contributed by atoms with van der Waals surface area (Å²) in [6, 6.07) is 3.70. The molecule has 0 saturated carbocycles. The first kappa shape index (κ1) is 28.9. The summed E-state index contributed by atoms with van der Waals surface area (Å²) in [6.07, 6.45) is -0.693. The third-order valence-corrected chi connectivity index (χ3v) is 5.07. The van der Waals surface area contributed by atoms with E-state index in [0.717, 1.165) is 11.1 Å². The third-order valence-electron chi connectivity index (χ3n) is 5.07. The fourth-order valence-corrected chi connectivity index (χ4v) is 3.29. The second-order valence-corrected chi connectivity index (χ2v) is 9.08. The summed E-state index contributed by atoms with van der Waals surface area (Å²) in [5.74, 6) is -1.27. The number of carbonyl (C=O) groups excluding carboxylic acids is 4. The number of nitrogens with one attached hydrogen (secondary N) is 2. The number of hydrogen-bond donors (Lipinski definition) is 2. The van der Waals surface area contributed by atoms with Gasteiger partial charge in [0.05, 0.1) is 13.0 Å². The Kier molecular flexibility index (Phi) is 11.0. The molecule has 2 N–H and O–H groups in total. The lowest BCUT2D eigenvalue weighted by Crippen LogP contribution is -2.52. The maximum Gasteiger partial charge on any atom is 0.408 e. The van der Waals surface area contributed by atoms with Crippen molar-refractivity contribution in [2.45, 2.75) is 79.5 Å². The predicted octanol–water partition coefficient (Wildman–Crippen LogP) is 3.18. The highest BCUT2D eigenvalue weighted by Gasteiger charge is 2.34. The van der Waals surface area contributed by atoms with E-state index >= 15 is 0 Å². The number of hydrogen-bond acceptors (Lipinski definition) is 6. The molecular weight excluding hydrogens is 438 g/mol. The van der Waals surface area contributed by atoms with Crippen LogP contribution in [-0.2, 0) is 23.9 Å². The Balaban J connectivity index is 3.15. The molecule has 0 heterocycles. The van der Waals surface area contributed by atoms with Crippen LogP contribution in [0.2, 0.25) is 0 Å². The summed E-state index contributed by atoms with van der Waals surface area (Å²) in [4.78, 5) is 51.8. The molecule has 0 radical (unpaired) electrons. The Morgan fingerprint density at radius 2 is 1.71 bits per heavy atom. The van der Waals surface area contributed by atoms with Crippen molar-refractivity contribution in [3.8, 4) is 0 Å². The van der Waals surface area contributed by atoms with Gasteiger partial charge in [0.15, 0.2) is 0 Å². The van der Waals surface area contributed by atoms with E-state index in [-0.39, 0.29) is 26.1 Å². The van der Waals surface area contributed by atoms with Crippen LogP contribution >= 0.6 is 0 Å². The first-order valence-electron chi connectivity index (χ1n) is 11.6. The van der Waals surface area contributed by atoms with Crippen LogP contribution in [0, 0.1) is 13.8 Å². The molecule has 0 aliphatic heterocycles. The first-order chi connectivity index (χ1) is 15.8. The average Bonchev–Trinajstić information content (AvgIpc) is 2.72. The second kappa shape index (κ2) is 13.0. The Morgan fingerprint density at radius 3 is 2.24 bits per heavy atom. The molecule has 9 heteroatoms. The second-order valence-electron chi connectivity index (χ2n) is 9.08. The van der Waals surface area contributed by atoms with Crippen molar-refractivity contribution in [2.24, 2.45) is 0 Å². The molecule has 0 bridgehead atoms. The Morgan fingerprint density at radius 1 is 1.06 bits per heavy atom. The van der Waals surface area contributed by atoms with Gasteiger partial charge in [-0.15, -0.1) is 0 Å². The Hall–Kier alpha value is -3.10. The number of likely N-dealkylation sites (N-methyl/N-ethyl adjacent to an activating group) is 1. The van der Waals surface area contributed by atoms with Crippen molar-refractivity contribution in [1.82, 2.24) is 15.5 Å². The van der Waals surface area contributed by atoms with Gasteiger partial charge in [-0.25, -0.2) is 4.79 Å². The van der Waals surface area contributed by atoms with Gasteiger partial charge in [-0.3, -0.25) is 14.4 Å². The predicted molar refractivity (Wildman–Crippen MR) is 129 cm³/mol. The maximum absolute atomic E-state index is 13.3. The molecule has 1 rings (SSSR count). The van der Waals surface area contributed by atoms with E-state index in [0.29, 0.717) is 5.56 Å². The van der Waals surface area contributed by atoms with Crippen molar-refractivity contribution in [3.05, 3.63) is 34.9 Å². The van der Waals surface area contributed by atoms with E-state index in [2.05, 4.69) is 10.6 Å².